The van der Waals surface area contributed by atoms with Crippen molar-refractivity contribution in [2.75, 3.05) is 13.6 Å². The lowest BCUT2D eigenvalue weighted by Crippen LogP contribution is -2.40. The van der Waals surface area contributed by atoms with Gasteiger partial charge < -0.3 is 10.6 Å². The quantitative estimate of drug-likeness (QED) is 0.646. The third kappa shape index (κ3) is 4.03. The van der Waals surface area contributed by atoms with Crippen LogP contribution in [0.4, 0.5) is 4.39 Å². The van der Waals surface area contributed by atoms with E-state index in [9.17, 15) is 4.39 Å². The molecule has 2 unspecified atom stereocenters. The molecule has 1 aliphatic carbocycles. The minimum atomic E-state index is -0.241. The number of nitrogens with one attached hydrogen (secondary N) is 2. The van der Waals surface area contributed by atoms with Gasteiger partial charge in [-0.05, 0) is 30.7 Å². The van der Waals surface area contributed by atoms with E-state index >= 15 is 0 Å². The van der Waals surface area contributed by atoms with Crippen molar-refractivity contribution in [3.8, 4) is 0 Å². The Kier molecular flexibility index (Phi) is 5.30. The van der Waals surface area contributed by atoms with E-state index in [1.807, 2.05) is 18.2 Å². The summed E-state index contributed by atoms with van der Waals surface area (Å²) < 4.78 is 14.0. The Labute approximate surface area is 146 Å². The largest absolute Gasteiger partial charge is 0.356 e. The van der Waals surface area contributed by atoms with E-state index in [0.717, 1.165) is 25.1 Å². The standard InChI is InChI=1S/C18H20ClFN4/c1-21-18(23-10-8-12-5-2-3-9-22-12)24-16-11-13(16)17-14(19)6-4-7-15(17)20/h2-7,9,13,16H,8,10-11H2,1H3,(H2,21,23,24). The maximum absolute atomic E-state index is 14.0. The summed E-state index contributed by atoms with van der Waals surface area (Å²) in [5, 5.41) is 7.07. The zero-order valence-corrected chi connectivity index (χ0v) is 14.2. The lowest BCUT2D eigenvalue weighted by atomic mass is 10.1. The van der Waals surface area contributed by atoms with Crippen molar-refractivity contribution in [1.82, 2.24) is 15.6 Å². The highest BCUT2D eigenvalue weighted by molar-refractivity contribution is 6.31. The summed E-state index contributed by atoms with van der Waals surface area (Å²) >= 11 is 6.13. The number of pyridine rings is 1. The molecule has 2 aromatic rings. The van der Waals surface area contributed by atoms with Crippen LogP contribution in [-0.4, -0.2) is 30.6 Å². The van der Waals surface area contributed by atoms with E-state index in [1.54, 1.807) is 25.4 Å². The first kappa shape index (κ1) is 16.7. The lowest BCUT2D eigenvalue weighted by molar-refractivity contribution is 0.608. The zero-order chi connectivity index (χ0) is 16.9. The first-order valence-corrected chi connectivity index (χ1v) is 8.38. The summed E-state index contributed by atoms with van der Waals surface area (Å²) in [6.07, 6.45) is 3.45. The van der Waals surface area contributed by atoms with Crippen LogP contribution in [0.3, 0.4) is 0 Å². The Balaban J connectivity index is 1.50. The zero-order valence-electron chi connectivity index (χ0n) is 13.5. The normalized spacial score (nSPS) is 19.9. The molecule has 1 aromatic heterocycles. The highest BCUT2D eigenvalue weighted by Gasteiger charge is 2.41. The number of rotatable bonds is 5. The van der Waals surface area contributed by atoms with Crippen LogP contribution in [0.15, 0.2) is 47.6 Å². The van der Waals surface area contributed by atoms with Gasteiger partial charge in [0.1, 0.15) is 5.82 Å². The molecule has 1 heterocycles. The average molecular weight is 347 g/mol. The van der Waals surface area contributed by atoms with Crippen LogP contribution in [0.25, 0.3) is 0 Å². The minimum absolute atomic E-state index is 0.0908. The van der Waals surface area contributed by atoms with Crippen molar-refractivity contribution in [2.45, 2.75) is 24.8 Å². The molecule has 0 bridgehead atoms. The first-order valence-electron chi connectivity index (χ1n) is 8.00. The summed E-state index contributed by atoms with van der Waals surface area (Å²) in [5.41, 5.74) is 1.63. The average Bonchev–Trinajstić information content (AvgIpc) is 3.33. The molecule has 4 nitrogen and oxygen atoms in total. The van der Waals surface area contributed by atoms with Gasteiger partial charge in [-0.15, -0.1) is 0 Å². The molecule has 2 atom stereocenters. The molecule has 1 aromatic carbocycles. The Morgan fingerprint density at radius 2 is 2.21 bits per heavy atom. The van der Waals surface area contributed by atoms with Gasteiger partial charge in [0, 0.05) is 54.4 Å². The van der Waals surface area contributed by atoms with Gasteiger partial charge in [-0.25, -0.2) is 4.39 Å². The molecule has 1 aliphatic rings. The summed E-state index contributed by atoms with van der Waals surface area (Å²) in [6.45, 7) is 0.731. The molecule has 2 N–H and O–H groups in total. The molecule has 6 heteroatoms. The van der Waals surface area contributed by atoms with Crippen molar-refractivity contribution in [1.29, 1.82) is 0 Å². The van der Waals surface area contributed by atoms with Gasteiger partial charge in [0.05, 0.1) is 0 Å². The molecule has 3 rings (SSSR count). The van der Waals surface area contributed by atoms with Gasteiger partial charge in [0.2, 0.25) is 0 Å². The van der Waals surface area contributed by atoms with Crippen molar-refractivity contribution in [3.63, 3.8) is 0 Å². The van der Waals surface area contributed by atoms with Gasteiger partial charge in [0.25, 0.3) is 0 Å². The number of hydrogen-bond acceptors (Lipinski definition) is 2. The fraction of sp³-hybridized carbons (Fsp3) is 0.333. The summed E-state index contributed by atoms with van der Waals surface area (Å²) in [7, 11) is 1.73. The highest BCUT2D eigenvalue weighted by Crippen LogP contribution is 2.44. The van der Waals surface area contributed by atoms with Crippen LogP contribution in [-0.2, 0) is 6.42 Å². The number of aromatic nitrogens is 1. The predicted molar refractivity (Wildman–Crippen MR) is 95.0 cm³/mol. The van der Waals surface area contributed by atoms with Crippen molar-refractivity contribution >= 4 is 17.6 Å². The molecule has 0 radical (unpaired) electrons. The molecule has 126 valence electrons. The number of benzene rings is 1. The monoisotopic (exact) mass is 346 g/mol. The van der Waals surface area contributed by atoms with E-state index in [1.165, 1.54) is 6.07 Å². The van der Waals surface area contributed by atoms with Crippen LogP contribution < -0.4 is 10.6 Å². The molecular formula is C18H20ClFN4. The van der Waals surface area contributed by atoms with E-state index in [4.69, 9.17) is 11.6 Å². The predicted octanol–water partition coefficient (Wildman–Crippen LogP) is 3.14. The number of halogens is 2. The number of hydrogen-bond donors (Lipinski definition) is 2. The van der Waals surface area contributed by atoms with Gasteiger partial charge in [0.15, 0.2) is 5.96 Å². The molecule has 1 fully saturated rings. The Morgan fingerprint density at radius 3 is 2.92 bits per heavy atom. The van der Waals surface area contributed by atoms with Gasteiger partial charge >= 0.3 is 0 Å². The number of guanidine groups is 1. The Bertz CT molecular complexity index is 700. The molecular weight excluding hydrogens is 327 g/mol. The molecule has 0 amide bonds. The van der Waals surface area contributed by atoms with Crippen LogP contribution in [0.2, 0.25) is 5.02 Å². The van der Waals surface area contributed by atoms with Crippen molar-refractivity contribution < 1.29 is 4.39 Å². The van der Waals surface area contributed by atoms with E-state index < -0.39 is 0 Å². The summed E-state index contributed by atoms with van der Waals surface area (Å²) in [5.74, 6) is 0.564. The van der Waals surface area contributed by atoms with Crippen LogP contribution in [0, 0.1) is 5.82 Å². The van der Waals surface area contributed by atoms with Crippen molar-refractivity contribution in [3.05, 3.63) is 64.7 Å². The number of aliphatic imine (C=N–C) groups is 1. The Hall–Kier alpha value is -2.14. The maximum atomic E-state index is 14.0. The fourth-order valence-electron chi connectivity index (χ4n) is 2.76. The molecule has 1 saturated carbocycles. The summed E-state index contributed by atoms with van der Waals surface area (Å²) in [6, 6.07) is 10.8. The highest BCUT2D eigenvalue weighted by atomic mass is 35.5. The van der Waals surface area contributed by atoms with Crippen LogP contribution >= 0.6 is 11.6 Å². The lowest BCUT2D eigenvalue weighted by Gasteiger charge is -2.12. The van der Waals surface area contributed by atoms with E-state index in [-0.39, 0.29) is 17.8 Å². The second-order valence-electron chi connectivity index (χ2n) is 5.80. The molecule has 0 aliphatic heterocycles. The minimum Gasteiger partial charge on any atom is -0.356 e. The van der Waals surface area contributed by atoms with Gasteiger partial charge in [-0.2, -0.15) is 0 Å². The fourth-order valence-corrected chi connectivity index (χ4v) is 3.07. The molecule has 24 heavy (non-hydrogen) atoms. The summed E-state index contributed by atoms with van der Waals surface area (Å²) in [4.78, 5) is 8.51. The molecule has 0 spiro atoms. The van der Waals surface area contributed by atoms with E-state index in [0.29, 0.717) is 16.5 Å². The third-order valence-electron chi connectivity index (χ3n) is 4.11. The van der Waals surface area contributed by atoms with E-state index in [2.05, 4.69) is 20.6 Å². The van der Waals surface area contributed by atoms with Crippen LogP contribution in [0.1, 0.15) is 23.6 Å². The Morgan fingerprint density at radius 1 is 1.33 bits per heavy atom. The first-order chi connectivity index (χ1) is 11.7. The second-order valence-corrected chi connectivity index (χ2v) is 6.21. The molecule has 0 saturated heterocycles. The van der Waals surface area contributed by atoms with Crippen molar-refractivity contribution in [2.24, 2.45) is 4.99 Å². The maximum Gasteiger partial charge on any atom is 0.191 e. The van der Waals surface area contributed by atoms with Crippen LogP contribution in [0.5, 0.6) is 0 Å². The number of nitrogens with zero attached hydrogens (tertiary/aromatic N) is 2. The SMILES string of the molecule is CN=C(NCCc1ccccn1)NC1CC1c1c(F)cccc1Cl. The smallest absolute Gasteiger partial charge is 0.191 e. The van der Waals surface area contributed by atoms with Gasteiger partial charge in [-0.3, -0.25) is 9.98 Å². The third-order valence-corrected chi connectivity index (χ3v) is 4.44. The van der Waals surface area contributed by atoms with Gasteiger partial charge in [-0.1, -0.05) is 23.7 Å². The topological polar surface area (TPSA) is 49.3 Å². The second kappa shape index (κ2) is 7.62.